The number of ether oxygens (including phenoxy) is 4. The number of piperidine rings is 1. The fraction of sp³-hybridized carbons (Fsp3) is 0.541. The minimum Gasteiger partial charge on any atom is -0.490 e. The first-order chi connectivity index (χ1) is 23.8. The molecule has 2 amide bonds. The van der Waals surface area contributed by atoms with Crippen molar-refractivity contribution in [2.45, 2.75) is 90.2 Å². The summed E-state index contributed by atoms with van der Waals surface area (Å²) in [6.07, 6.45) is 4.02. The molecule has 5 rings (SSSR count). The summed E-state index contributed by atoms with van der Waals surface area (Å²) in [7, 11) is 4.88. The van der Waals surface area contributed by atoms with E-state index in [1.807, 2.05) is 74.9 Å². The van der Waals surface area contributed by atoms with Crippen LogP contribution >= 0.6 is 0 Å². The number of amidine groups is 1. The molecule has 0 spiro atoms. The predicted octanol–water partition coefficient (Wildman–Crippen LogP) is 4.92. The van der Waals surface area contributed by atoms with Gasteiger partial charge in [-0.25, -0.2) is 9.78 Å². The molecule has 1 aromatic heterocycles. The summed E-state index contributed by atoms with van der Waals surface area (Å²) >= 11 is 0. The largest absolute Gasteiger partial charge is 0.490 e. The summed E-state index contributed by atoms with van der Waals surface area (Å²) in [6.45, 7) is 6.96. The number of methoxy groups -OCH3 is 1. The molecule has 1 aliphatic heterocycles. The van der Waals surface area contributed by atoms with E-state index in [0.29, 0.717) is 61.7 Å². The minimum absolute atomic E-state index is 0.00408. The third-order valence-corrected chi connectivity index (χ3v) is 9.42. The number of benzene rings is 2. The van der Waals surface area contributed by atoms with Crippen LogP contribution in [0.1, 0.15) is 70.7 Å². The van der Waals surface area contributed by atoms with E-state index >= 15 is 0 Å². The van der Waals surface area contributed by atoms with Gasteiger partial charge >= 0.3 is 12.1 Å². The van der Waals surface area contributed by atoms with E-state index in [-0.39, 0.29) is 49.2 Å². The van der Waals surface area contributed by atoms with Gasteiger partial charge in [-0.3, -0.25) is 14.6 Å². The summed E-state index contributed by atoms with van der Waals surface area (Å²) in [5.74, 6) is 2.00. The van der Waals surface area contributed by atoms with Gasteiger partial charge in [-0.05, 0) is 88.9 Å². The molecule has 2 aromatic carbocycles. The molecule has 50 heavy (non-hydrogen) atoms. The van der Waals surface area contributed by atoms with Gasteiger partial charge in [-0.2, -0.15) is 0 Å². The van der Waals surface area contributed by atoms with Crippen LogP contribution in [0.5, 0.6) is 11.5 Å². The van der Waals surface area contributed by atoms with Crippen LogP contribution in [0, 0.1) is 5.92 Å². The number of rotatable bonds is 10. The van der Waals surface area contributed by atoms with Crippen LogP contribution in [0.3, 0.4) is 0 Å². The average Bonchev–Trinajstić information content (AvgIpc) is 3.45. The van der Waals surface area contributed by atoms with E-state index in [2.05, 4.69) is 4.99 Å². The van der Waals surface area contributed by atoms with Gasteiger partial charge in [0.2, 0.25) is 5.91 Å². The van der Waals surface area contributed by atoms with Crippen molar-refractivity contribution in [2.75, 3.05) is 34.3 Å². The Bertz CT molecular complexity index is 1680. The molecule has 2 heterocycles. The van der Waals surface area contributed by atoms with Gasteiger partial charge in [0, 0.05) is 51.6 Å². The van der Waals surface area contributed by atoms with Crippen molar-refractivity contribution in [3.8, 4) is 11.5 Å². The number of nitrogens with two attached hydrogens (primary N) is 1. The molecule has 1 saturated carbocycles. The highest BCUT2D eigenvalue weighted by Crippen LogP contribution is 2.29. The highest BCUT2D eigenvalue weighted by atomic mass is 16.6. The van der Waals surface area contributed by atoms with Crippen molar-refractivity contribution in [1.29, 1.82) is 0 Å². The number of nitrogens with zero attached hydrogens (tertiary/aromatic N) is 5. The quantitative estimate of drug-likeness (QED) is 0.178. The molecule has 13 heteroatoms. The number of carbonyl (C=O) groups is 3. The van der Waals surface area contributed by atoms with Crippen LogP contribution < -0.4 is 15.2 Å². The lowest BCUT2D eigenvalue weighted by Crippen LogP contribution is -2.44. The zero-order valence-electron chi connectivity index (χ0n) is 30.0. The molecule has 0 unspecified atom stereocenters. The summed E-state index contributed by atoms with van der Waals surface area (Å²) < 4.78 is 24.7. The Morgan fingerprint density at radius 3 is 2.26 bits per heavy atom. The molecule has 270 valence electrons. The molecule has 13 nitrogen and oxygen atoms in total. The van der Waals surface area contributed by atoms with Gasteiger partial charge in [0.05, 0.1) is 24.1 Å². The number of aliphatic imine (C=N–C) groups is 1. The zero-order valence-corrected chi connectivity index (χ0v) is 30.0. The van der Waals surface area contributed by atoms with Crippen molar-refractivity contribution in [3.63, 3.8) is 0 Å². The Hall–Kier alpha value is -4.81. The number of likely N-dealkylation sites (tertiary alicyclic amines) is 1. The molecule has 2 N–H and O–H groups in total. The number of amides is 2. The second kappa shape index (κ2) is 15.8. The average molecular weight is 691 g/mol. The van der Waals surface area contributed by atoms with E-state index in [1.165, 1.54) is 7.11 Å². The Morgan fingerprint density at radius 2 is 1.64 bits per heavy atom. The number of esters is 1. The summed E-state index contributed by atoms with van der Waals surface area (Å²) in [5, 5.41) is 0. The molecular weight excluding hydrogens is 640 g/mol. The number of aromatic nitrogens is 2. The highest BCUT2D eigenvalue weighted by molar-refractivity contribution is 6.00. The fourth-order valence-electron chi connectivity index (χ4n) is 6.51. The monoisotopic (exact) mass is 690 g/mol. The molecule has 0 radical (unpaired) electrons. The maximum absolute atomic E-state index is 13.6. The lowest BCUT2D eigenvalue weighted by Gasteiger charge is -2.34. The Labute approximate surface area is 293 Å². The Morgan fingerprint density at radius 1 is 0.980 bits per heavy atom. The molecule has 1 saturated heterocycles. The van der Waals surface area contributed by atoms with E-state index < -0.39 is 5.60 Å². The molecule has 3 aromatic rings. The smallest absolute Gasteiger partial charge is 0.410 e. The number of hydrogen-bond acceptors (Lipinski definition) is 9. The molecule has 2 aliphatic rings. The van der Waals surface area contributed by atoms with E-state index in [1.54, 1.807) is 16.8 Å². The van der Waals surface area contributed by atoms with Gasteiger partial charge in [0.1, 0.15) is 48.0 Å². The maximum atomic E-state index is 13.6. The fourth-order valence-corrected chi connectivity index (χ4v) is 6.51. The van der Waals surface area contributed by atoms with Crippen molar-refractivity contribution < 1.29 is 33.3 Å². The van der Waals surface area contributed by atoms with Crippen molar-refractivity contribution in [3.05, 3.63) is 53.9 Å². The number of hydrogen-bond donors (Lipinski definition) is 1. The van der Waals surface area contributed by atoms with E-state index in [4.69, 9.17) is 29.7 Å². The molecular formula is C37H50N6O7. The van der Waals surface area contributed by atoms with Crippen LogP contribution in [0.2, 0.25) is 0 Å². The maximum Gasteiger partial charge on any atom is 0.410 e. The van der Waals surface area contributed by atoms with Crippen LogP contribution in [0.4, 0.5) is 4.79 Å². The van der Waals surface area contributed by atoms with Gasteiger partial charge < -0.3 is 39.0 Å². The topological polar surface area (TPSA) is 151 Å². The van der Waals surface area contributed by atoms with Crippen LogP contribution in [-0.4, -0.2) is 95.2 Å². The third-order valence-electron chi connectivity index (χ3n) is 9.42. The second-order valence-electron chi connectivity index (χ2n) is 14.0. The lowest BCUT2D eigenvalue weighted by atomic mass is 9.85. The van der Waals surface area contributed by atoms with Crippen LogP contribution in [-0.2, 0) is 32.2 Å². The normalized spacial score (nSPS) is 18.8. The van der Waals surface area contributed by atoms with Gasteiger partial charge in [0.25, 0.3) is 0 Å². The first kappa shape index (κ1) is 36.5. The van der Waals surface area contributed by atoms with Crippen molar-refractivity contribution in [1.82, 2.24) is 19.4 Å². The van der Waals surface area contributed by atoms with E-state index in [0.717, 1.165) is 29.7 Å². The van der Waals surface area contributed by atoms with Gasteiger partial charge in [-0.15, -0.1) is 0 Å². The molecule has 1 aliphatic carbocycles. The Balaban J connectivity index is 1.23. The SMILES string of the molecule is CN=C(N)c1ccc2c(c1)nc(COc1ccc(OC3CCN(C(=O)OC(C)(C)C)CC3)cc1)n2CC(=O)N(C)C1CCC(C(=O)OC)CC1. The minimum atomic E-state index is -0.523. The number of imidazole rings is 1. The van der Waals surface area contributed by atoms with Gasteiger partial charge in [-0.1, -0.05) is 0 Å². The van der Waals surface area contributed by atoms with Crippen molar-refractivity contribution >= 4 is 34.8 Å². The van der Waals surface area contributed by atoms with E-state index in [9.17, 15) is 14.4 Å². The molecule has 2 fully saturated rings. The van der Waals surface area contributed by atoms with Crippen molar-refractivity contribution in [2.24, 2.45) is 16.6 Å². The highest BCUT2D eigenvalue weighted by Gasteiger charge is 2.31. The zero-order chi connectivity index (χ0) is 36.0. The molecule has 0 bridgehead atoms. The molecule has 0 atom stereocenters. The first-order valence-electron chi connectivity index (χ1n) is 17.3. The third kappa shape index (κ3) is 9.05. The Kier molecular flexibility index (Phi) is 11.5. The first-order valence-corrected chi connectivity index (χ1v) is 17.3. The van der Waals surface area contributed by atoms with Crippen LogP contribution in [0.25, 0.3) is 11.0 Å². The van der Waals surface area contributed by atoms with Gasteiger partial charge in [0.15, 0.2) is 0 Å². The van der Waals surface area contributed by atoms with Crippen LogP contribution in [0.15, 0.2) is 47.5 Å². The predicted molar refractivity (Wildman–Crippen MR) is 189 cm³/mol. The standard InChI is InChI=1S/C37H50N6O7/c1-37(2,3)50-36(46)42-19-17-29(18-20-42)49-28-14-12-27(13-15-28)48-23-32-40-30-21-25(34(38)39-4)9-16-31(30)43(32)22-33(44)41(5)26-10-7-24(8-11-26)35(45)47-6/h9,12-16,21,24,26,29H,7-8,10-11,17-20,22-23H2,1-6H3,(H2,38,39). The lowest BCUT2D eigenvalue weighted by molar-refractivity contribution is -0.147. The summed E-state index contributed by atoms with van der Waals surface area (Å²) in [5.41, 5.74) is 7.78. The second-order valence-corrected chi connectivity index (χ2v) is 14.0. The number of likely N-dealkylation sites (N-methyl/N-ethyl adjacent to an activating group) is 1. The summed E-state index contributed by atoms with van der Waals surface area (Å²) in [6, 6.07) is 13.1. The number of carbonyl (C=O) groups excluding carboxylic acids is 3. The summed E-state index contributed by atoms with van der Waals surface area (Å²) in [4.78, 5) is 50.5. The number of fused-ring (bicyclic) bond motifs is 1.